The molecule has 0 atom stereocenters. The lowest BCUT2D eigenvalue weighted by Crippen LogP contribution is -1.95. The first-order valence-electron chi connectivity index (χ1n) is 6.03. The number of fused-ring (bicyclic) bond motifs is 1. The lowest BCUT2D eigenvalue weighted by atomic mass is 10.2. The molecule has 0 spiro atoms. The Morgan fingerprint density at radius 1 is 1.40 bits per heavy atom. The molecular weight excluding hydrogens is 258 g/mol. The van der Waals surface area contributed by atoms with E-state index in [0.717, 1.165) is 22.3 Å². The maximum absolute atomic E-state index is 10.9. The summed E-state index contributed by atoms with van der Waals surface area (Å²) in [4.78, 5) is 10.9. The summed E-state index contributed by atoms with van der Waals surface area (Å²) in [5.74, 6) is -0.251. The van der Waals surface area contributed by atoms with Crippen molar-refractivity contribution in [1.82, 2.24) is 14.8 Å². The number of rotatable bonds is 3. The molecule has 6 nitrogen and oxygen atoms in total. The summed E-state index contributed by atoms with van der Waals surface area (Å²) in [7, 11) is 3.53. The molecule has 0 saturated carbocycles. The summed E-state index contributed by atoms with van der Waals surface area (Å²) in [5, 5.41) is 16.5. The molecular formula is C14H13N3O3. The van der Waals surface area contributed by atoms with Crippen molar-refractivity contribution in [1.29, 1.82) is 0 Å². The maximum Gasteiger partial charge on any atom is 0.353 e. The van der Waals surface area contributed by atoms with Crippen molar-refractivity contribution in [2.75, 3.05) is 7.11 Å². The summed E-state index contributed by atoms with van der Waals surface area (Å²) in [6.07, 6.45) is 0. The van der Waals surface area contributed by atoms with Crippen molar-refractivity contribution in [3.63, 3.8) is 0 Å². The molecule has 20 heavy (non-hydrogen) atoms. The van der Waals surface area contributed by atoms with Crippen molar-refractivity contribution < 1.29 is 14.6 Å². The number of hydrogen-bond acceptors (Lipinski definition) is 3. The van der Waals surface area contributed by atoms with Crippen LogP contribution in [0, 0.1) is 0 Å². The van der Waals surface area contributed by atoms with Crippen LogP contribution in [0.1, 0.15) is 10.5 Å². The molecule has 0 fully saturated rings. The predicted octanol–water partition coefficient (Wildman–Crippen LogP) is 2.28. The van der Waals surface area contributed by atoms with Crippen LogP contribution in [0.3, 0.4) is 0 Å². The first-order chi connectivity index (χ1) is 9.61. The molecule has 2 heterocycles. The molecule has 0 aliphatic carbocycles. The van der Waals surface area contributed by atoms with Gasteiger partial charge >= 0.3 is 5.97 Å². The number of carboxylic acid groups (broad SMARTS) is 1. The number of methoxy groups -OCH3 is 1. The van der Waals surface area contributed by atoms with Crippen molar-refractivity contribution >= 4 is 16.9 Å². The Bertz CT molecular complexity index is 801. The van der Waals surface area contributed by atoms with E-state index in [1.165, 1.54) is 6.07 Å². The van der Waals surface area contributed by atoms with Gasteiger partial charge in [-0.05, 0) is 18.2 Å². The zero-order chi connectivity index (χ0) is 14.3. The topological polar surface area (TPSA) is 80.1 Å². The van der Waals surface area contributed by atoms with Crippen LogP contribution in [-0.2, 0) is 7.05 Å². The van der Waals surface area contributed by atoms with Gasteiger partial charge in [0.05, 0.1) is 18.3 Å². The number of ether oxygens (including phenoxy) is 1. The highest BCUT2D eigenvalue weighted by Gasteiger charge is 2.15. The van der Waals surface area contributed by atoms with Gasteiger partial charge in [-0.25, -0.2) is 4.79 Å². The fraction of sp³-hybridized carbons (Fsp3) is 0.143. The molecule has 0 aliphatic heterocycles. The lowest BCUT2D eigenvalue weighted by Gasteiger charge is -2.02. The second kappa shape index (κ2) is 4.41. The highest BCUT2D eigenvalue weighted by atomic mass is 16.5. The number of H-pyrrole nitrogens is 1. The third kappa shape index (κ3) is 1.73. The molecule has 3 aromatic rings. The number of aryl methyl sites for hydroxylation is 1. The third-order valence-electron chi connectivity index (χ3n) is 3.34. The van der Waals surface area contributed by atoms with E-state index in [1.54, 1.807) is 7.11 Å². The maximum atomic E-state index is 10.9. The number of hydrogen-bond donors (Lipinski definition) is 2. The van der Waals surface area contributed by atoms with Crippen LogP contribution in [0.2, 0.25) is 0 Å². The minimum absolute atomic E-state index is 0.0669. The van der Waals surface area contributed by atoms with Crippen molar-refractivity contribution in [3.05, 3.63) is 36.0 Å². The van der Waals surface area contributed by atoms with E-state index < -0.39 is 5.97 Å². The predicted molar refractivity (Wildman–Crippen MR) is 74.0 cm³/mol. The Morgan fingerprint density at radius 2 is 2.20 bits per heavy atom. The molecule has 6 heteroatoms. The van der Waals surface area contributed by atoms with Gasteiger partial charge in [-0.3, -0.25) is 5.10 Å². The van der Waals surface area contributed by atoms with Crippen LogP contribution in [0.5, 0.6) is 5.75 Å². The first-order valence-corrected chi connectivity index (χ1v) is 6.03. The SMILES string of the molecule is COc1cccc2c1cc(-c1cc(C(=O)O)[nH]n1)n2C. The van der Waals surface area contributed by atoms with Gasteiger partial charge in [-0.1, -0.05) is 6.07 Å². The average Bonchev–Trinajstić information content (AvgIpc) is 3.04. The van der Waals surface area contributed by atoms with Gasteiger partial charge in [0.15, 0.2) is 0 Å². The largest absolute Gasteiger partial charge is 0.496 e. The van der Waals surface area contributed by atoms with Gasteiger partial charge in [0.25, 0.3) is 0 Å². The molecule has 3 rings (SSSR count). The number of aromatic nitrogens is 3. The number of carboxylic acids is 1. The number of carbonyl (C=O) groups is 1. The molecule has 0 aliphatic rings. The summed E-state index contributed by atoms with van der Waals surface area (Å²) < 4.78 is 7.30. The molecule has 2 N–H and O–H groups in total. The van der Waals surface area contributed by atoms with Crippen LogP contribution in [-0.4, -0.2) is 33.0 Å². The Labute approximate surface area is 114 Å². The van der Waals surface area contributed by atoms with Crippen molar-refractivity contribution in [3.8, 4) is 17.1 Å². The number of nitrogens with one attached hydrogen (secondary N) is 1. The van der Waals surface area contributed by atoms with E-state index >= 15 is 0 Å². The smallest absolute Gasteiger partial charge is 0.353 e. The number of aromatic amines is 1. The fourth-order valence-corrected chi connectivity index (χ4v) is 2.32. The number of nitrogens with zero attached hydrogens (tertiary/aromatic N) is 2. The standard InChI is InChI=1S/C14H13N3O3/c1-17-11-4-3-5-13(20-2)8(11)6-12(17)9-7-10(14(18)19)16-15-9/h3-7H,1-2H3,(H,15,16)(H,18,19). The summed E-state index contributed by atoms with van der Waals surface area (Å²) in [6, 6.07) is 9.24. The van der Waals surface area contributed by atoms with Crippen molar-refractivity contribution in [2.45, 2.75) is 0 Å². The summed E-state index contributed by atoms with van der Waals surface area (Å²) in [5.41, 5.74) is 2.48. The highest BCUT2D eigenvalue weighted by molar-refractivity contribution is 5.92. The lowest BCUT2D eigenvalue weighted by molar-refractivity contribution is 0.0690. The van der Waals surface area contributed by atoms with Gasteiger partial charge in [-0.2, -0.15) is 5.10 Å². The van der Waals surface area contributed by atoms with E-state index in [9.17, 15) is 4.79 Å². The van der Waals surface area contributed by atoms with E-state index in [0.29, 0.717) is 5.69 Å². The normalized spacial score (nSPS) is 10.9. The van der Waals surface area contributed by atoms with Gasteiger partial charge in [-0.15, -0.1) is 0 Å². The molecule has 0 bridgehead atoms. The van der Waals surface area contributed by atoms with E-state index in [4.69, 9.17) is 9.84 Å². The third-order valence-corrected chi connectivity index (χ3v) is 3.34. The Hall–Kier alpha value is -2.76. The van der Waals surface area contributed by atoms with Gasteiger partial charge in [0, 0.05) is 18.5 Å². The second-order valence-corrected chi connectivity index (χ2v) is 4.45. The average molecular weight is 271 g/mol. The molecule has 2 aromatic heterocycles. The monoisotopic (exact) mass is 271 g/mol. The Balaban J connectivity index is 2.20. The number of benzene rings is 1. The van der Waals surface area contributed by atoms with Crippen LogP contribution in [0.15, 0.2) is 30.3 Å². The minimum Gasteiger partial charge on any atom is -0.496 e. The zero-order valence-electron chi connectivity index (χ0n) is 11.0. The number of aromatic carboxylic acids is 1. The minimum atomic E-state index is -1.03. The Morgan fingerprint density at radius 3 is 2.85 bits per heavy atom. The molecule has 0 unspecified atom stereocenters. The second-order valence-electron chi connectivity index (χ2n) is 4.45. The summed E-state index contributed by atoms with van der Waals surface area (Å²) >= 11 is 0. The molecule has 0 radical (unpaired) electrons. The molecule has 0 saturated heterocycles. The van der Waals surface area contributed by atoms with Crippen LogP contribution in [0.4, 0.5) is 0 Å². The zero-order valence-corrected chi connectivity index (χ0v) is 11.0. The van der Waals surface area contributed by atoms with Crippen LogP contribution >= 0.6 is 0 Å². The van der Waals surface area contributed by atoms with Gasteiger partial charge in [0.1, 0.15) is 17.1 Å². The fourth-order valence-electron chi connectivity index (χ4n) is 2.32. The highest BCUT2D eigenvalue weighted by Crippen LogP contribution is 2.32. The van der Waals surface area contributed by atoms with Crippen molar-refractivity contribution in [2.24, 2.45) is 7.05 Å². The van der Waals surface area contributed by atoms with E-state index in [2.05, 4.69) is 10.2 Å². The van der Waals surface area contributed by atoms with Gasteiger partial charge in [0.2, 0.25) is 0 Å². The molecule has 0 amide bonds. The van der Waals surface area contributed by atoms with E-state index in [1.807, 2.05) is 35.9 Å². The first kappa shape index (κ1) is 12.3. The summed E-state index contributed by atoms with van der Waals surface area (Å²) in [6.45, 7) is 0. The van der Waals surface area contributed by atoms with Gasteiger partial charge < -0.3 is 14.4 Å². The Kier molecular flexibility index (Phi) is 2.71. The quantitative estimate of drug-likeness (QED) is 0.765. The molecule has 1 aromatic carbocycles. The van der Waals surface area contributed by atoms with E-state index in [-0.39, 0.29) is 5.69 Å². The molecule has 102 valence electrons. The van der Waals surface area contributed by atoms with Crippen LogP contribution in [0.25, 0.3) is 22.3 Å². The van der Waals surface area contributed by atoms with Crippen LogP contribution < -0.4 is 4.74 Å².